The van der Waals surface area contributed by atoms with Crippen LogP contribution in [0.25, 0.3) is 10.9 Å². The first-order valence-corrected chi connectivity index (χ1v) is 10.0. The number of nitrogens with zero attached hydrogens (tertiary/aromatic N) is 2. The molecule has 0 saturated heterocycles. The molecular formula is C22H28N6O2. The number of aromatic nitrogens is 3. The van der Waals surface area contributed by atoms with E-state index in [2.05, 4.69) is 37.8 Å². The molecule has 1 atom stereocenters. The van der Waals surface area contributed by atoms with Crippen LogP contribution in [-0.2, 0) is 22.4 Å². The molecule has 2 heterocycles. The van der Waals surface area contributed by atoms with Crippen molar-refractivity contribution in [1.29, 1.82) is 0 Å². The van der Waals surface area contributed by atoms with Gasteiger partial charge in [0, 0.05) is 66.7 Å². The number of benzene rings is 1. The van der Waals surface area contributed by atoms with Crippen LogP contribution in [0.2, 0.25) is 0 Å². The summed E-state index contributed by atoms with van der Waals surface area (Å²) in [6.45, 7) is 5.38. The smallest absolute Gasteiger partial charge is 0.222 e. The lowest BCUT2D eigenvalue weighted by Gasteiger charge is -2.30. The third-order valence-electron chi connectivity index (χ3n) is 5.15. The number of hydrogen-bond acceptors (Lipinski definition) is 5. The lowest BCUT2D eigenvalue weighted by atomic mass is 10.1. The van der Waals surface area contributed by atoms with E-state index < -0.39 is 0 Å². The Bertz CT molecular complexity index is 979. The summed E-state index contributed by atoms with van der Waals surface area (Å²) in [4.78, 5) is 34.9. The summed E-state index contributed by atoms with van der Waals surface area (Å²) < 4.78 is 0. The van der Waals surface area contributed by atoms with Gasteiger partial charge in [-0.3, -0.25) is 4.79 Å². The molecule has 0 spiro atoms. The van der Waals surface area contributed by atoms with E-state index in [1.54, 1.807) is 12.5 Å². The molecule has 5 N–H and O–H groups in total. The Labute approximate surface area is 175 Å². The van der Waals surface area contributed by atoms with Gasteiger partial charge in [-0.15, -0.1) is 0 Å². The Balaban J connectivity index is 1.66. The molecule has 0 radical (unpaired) electrons. The minimum Gasteiger partial charge on any atom is -0.373 e. The molecule has 1 unspecified atom stereocenters. The van der Waals surface area contributed by atoms with E-state index in [1.807, 2.05) is 24.4 Å². The number of fused-ring (bicyclic) bond motifs is 1. The second-order valence-corrected chi connectivity index (χ2v) is 7.20. The van der Waals surface area contributed by atoms with Crippen LogP contribution in [-0.4, -0.2) is 57.7 Å². The topological polar surface area (TPSA) is 120 Å². The van der Waals surface area contributed by atoms with E-state index in [4.69, 9.17) is 5.73 Å². The maximum Gasteiger partial charge on any atom is 0.222 e. The lowest BCUT2D eigenvalue weighted by molar-refractivity contribution is -0.122. The van der Waals surface area contributed by atoms with Gasteiger partial charge in [0.05, 0.1) is 12.9 Å². The van der Waals surface area contributed by atoms with Crippen LogP contribution in [0.4, 0.5) is 0 Å². The van der Waals surface area contributed by atoms with Crippen molar-refractivity contribution in [3.8, 4) is 0 Å². The molecule has 1 amide bonds. The number of carbonyl (C=O) groups is 2. The van der Waals surface area contributed by atoms with Gasteiger partial charge >= 0.3 is 0 Å². The molecule has 1 aromatic carbocycles. The first-order chi connectivity index (χ1) is 14.6. The van der Waals surface area contributed by atoms with Crippen molar-refractivity contribution in [1.82, 2.24) is 25.2 Å². The number of imidazole rings is 1. The molecule has 0 aliphatic carbocycles. The van der Waals surface area contributed by atoms with Crippen LogP contribution >= 0.6 is 0 Å². The number of nitrogens with two attached hydrogens (primary N) is 1. The highest BCUT2D eigenvalue weighted by Gasteiger charge is 2.18. The Morgan fingerprint density at radius 1 is 1.30 bits per heavy atom. The number of rotatable bonds is 12. The lowest BCUT2D eigenvalue weighted by Crippen LogP contribution is -2.39. The summed E-state index contributed by atoms with van der Waals surface area (Å²) in [5, 5.41) is 3.76. The van der Waals surface area contributed by atoms with Gasteiger partial charge in [-0.2, -0.15) is 0 Å². The molecule has 8 heteroatoms. The first kappa shape index (κ1) is 21.3. The zero-order valence-corrected chi connectivity index (χ0v) is 16.9. The van der Waals surface area contributed by atoms with Gasteiger partial charge in [-0.25, -0.2) is 4.98 Å². The van der Waals surface area contributed by atoms with Crippen LogP contribution in [0.5, 0.6) is 0 Å². The van der Waals surface area contributed by atoms with E-state index in [1.165, 1.54) is 10.9 Å². The third-order valence-corrected chi connectivity index (χ3v) is 5.15. The van der Waals surface area contributed by atoms with Gasteiger partial charge in [0.25, 0.3) is 0 Å². The average Bonchev–Trinajstić information content (AvgIpc) is 3.41. The van der Waals surface area contributed by atoms with Gasteiger partial charge in [-0.1, -0.05) is 24.8 Å². The van der Waals surface area contributed by atoms with E-state index in [-0.39, 0.29) is 24.9 Å². The van der Waals surface area contributed by atoms with Gasteiger partial charge < -0.3 is 30.7 Å². The van der Waals surface area contributed by atoms with E-state index in [9.17, 15) is 9.59 Å². The van der Waals surface area contributed by atoms with Crippen molar-refractivity contribution >= 4 is 23.1 Å². The molecule has 0 bridgehead atoms. The van der Waals surface area contributed by atoms with Gasteiger partial charge in [0.1, 0.15) is 6.29 Å². The van der Waals surface area contributed by atoms with Crippen LogP contribution in [0.3, 0.4) is 0 Å². The van der Waals surface area contributed by atoms with Crippen molar-refractivity contribution in [2.75, 3.05) is 19.6 Å². The quantitative estimate of drug-likeness (QED) is 0.339. The minimum atomic E-state index is -0.300. The third kappa shape index (κ3) is 5.57. The van der Waals surface area contributed by atoms with Gasteiger partial charge in [-0.05, 0) is 18.1 Å². The molecule has 158 valence electrons. The SMILES string of the molecule is C=C(C(N)Cc1cnc[nH]1)N(CCC(=O)NCC=O)CCc1c[nH]c2ccccc12. The van der Waals surface area contributed by atoms with Gasteiger partial charge in [0.15, 0.2) is 0 Å². The maximum atomic E-state index is 12.0. The molecular weight excluding hydrogens is 380 g/mol. The van der Waals surface area contributed by atoms with E-state index in [0.29, 0.717) is 25.8 Å². The second-order valence-electron chi connectivity index (χ2n) is 7.20. The Hall–Kier alpha value is -3.39. The molecule has 2 aromatic heterocycles. The molecule has 3 aromatic rings. The molecule has 0 fully saturated rings. The molecule has 0 aliphatic rings. The summed E-state index contributed by atoms with van der Waals surface area (Å²) in [5.41, 5.74) is 10.4. The normalized spacial score (nSPS) is 11.9. The monoisotopic (exact) mass is 408 g/mol. The molecule has 3 rings (SSSR count). The van der Waals surface area contributed by atoms with Crippen molar-refractivity contribution in [2.24, 2.45) is 5.73 Å². The summed E-state index contributed by atoms with van der Waals surface area (Å²) >= 11 is 0. The van der Waals surface area contributed by atoms with Gasteiger partial charge in [0.2, 0.25) is 5.91 Å². The summed E-state index contributed by atoms with van der Waals surface area (Å²) in [6.07, 6.45) is 7.69. The fraction of sp³-hybridized carbons (Fsp3) is 0.318. The summed E-state index contributed by atoms with van der Waals surface area (Å²) in [6, 6.07) is 7.87. The Morgan fingerprint density at radius 2 is 2.13 bits per heavy atom. The zero-order valence-electron chi connectivity index (χ0n) is 16.9. The summed E-state index contributed by atoms with van der Waals surface area (Å²) in [7, 11) is 0. The van der Waals surface area contributed by atoms with Crippen molar-refractivity contribution in [3.63, 3.8) is 0 Å². The zero-order chi connectivity index (χ0) is 21.3. The number of hydrogen-bond donors (Lipinski definition) is 4. The molecule has 8 nitrogen and oxygen atoms in total. The number of carbonyl (C=O) groups excluding carboxylic acids is 2. The van der Waals surface area contributed by atoms with Crippen LogP contribution in [0.1, 0.15) is 17.7 Å². The predicted octanol–water partition coefficient (Wildman–Crippen LogP) is 1.52. The minimum absolute atomic E-state index is 0.0223. The molecule has 0 saturated carbocycles. The van der Waals surface area contributed by atoms with E-state index in [0.717, 1.165) is 23.3 Å². The highest BCUT2D eigenvalue weighted by atomic mass is 16.2. The maximum absolute atomic E-state index is 12.0. The number of para-hydroxylation sites is 1. The highest BCUT2D eigenvalue weighted by Crippen LogP contribution is 2.19. The number of nitrogens with one attached hydrogen (secondary N) is 3. The average molecular weight is 409 g/mol. The van der Waals surface area contributed by atoms with Crippen molar-refractivity contribution in [3.05, 3.63) is 66.5 Å². The number of amides is 1. The predicted molar refractivity (Wildman–Crippen MR) is 117 cm³/mol. The van der Waals surface area contributed by atoms with Crippen LogP contribution in [0, 0.1) is 0 Å². The summed E-state index contributed by atoms with van der Waals surface area (Å²) in [5.74, 6) is -0.172. The largest absolute Gasteiger partial charge is 0.373 e. The molecule has 0 aliphatic heterocycles. The first-order valence-electron chi connectivity index (χ1n) is 10.0. The van der Waals surface area contributed by atoms with Crippen LogP contribution < -0.4 is 11.1 Å². The second kappa shape index (κ2) is 10.4. The van der Waals surface area contributed by atoms with Crippen molar-refractivity contribution in [2.45, 2.75) is 25.3 Å². The Kier molecular flexibility index (Phi) is 7.40. The highest BCUT2D eigenvalue weighted by molar-refractivity contribution is 5.83. The Morgan fingerprint density at radius 3 is 2.90 bits per heavy atom. The fourth-order valence-electron chi connectivity index (χ4n) is 3.46. The van der Waals surface area contributed by atoms with Crippen LogP contribution in [0.15, 0.2) is 55.3 Å². The van der Waals surface area contributed by atoms with Crippen molar-refractivity contribution < 1.29 is 9.59 Å². The van der Waals surface area contributed by atoms with E-state index >= 15 is 0 Å². The fourth-order valence-corrected chi connectivity index (χ4v) is 3.46. The standard InChI is InChI=1S/C22H28N6O2/c1-16(20(23)12-18-14-24-15-27-18)28(10-7-22(30)25-8-11-29)9-6-17-13-26-21-5-3-2-4-19(17)21/h2-5,11,13-15,20,26H,1,6-10,12,23H2,(H,24,27)(H,25,30). The molecule has 30 heavy (non-hydrogen) atoms. The number of aldehydes is 1. The number of aromatic amines is 2. The number of H-pyrrole nitrogens is 2.